The van der Waals surface area contributed by atoms with Gasteiger partial charge in [0.05, 0.1) is 29.1 Å². The summed E-state index contributed by atoms with van der Waals surface area (Å²) in [6.45, 7) is 1.89. The van der Waals surface area contributed by atoms with Crippen molar-refractivity contribution < 1.29 is 0 Å². The molecule has 0 spiro atoms. The van der Waals surface area contributed by atoms with E-state index in [1.807, 2.05) is 18.5 Å². The zero-order valence-electron chi connectivity index (χ0n) is 8.78. The van der Waals surface area contributed by atoms with Gasteiger partial charge < -0.3 is 16.0 Å². The Bertz CT molecular complexity index is 461. The minimum absolute atomic E-state index is 0.526. The van der Waals surface area contributed by atoms with Gasteiger partial charge in [-0.25, -0.2) is 4.98 Å². The summed E-state index contributed by atoms with van der Waals surface area (Å²) in [5, 5.41) is 6.97. The van der Waals surface area contributed by atoms with Crippen LogP contribution in [0.2, 0.25) is 0 Å². The normalized spacial score (nSPS) is 10.8. The summed E-state index contributed by atoms with van der Waals surface area (Å²) in [5.41, 5.74) is 14.9. The maximum absolute atomic E-state index is 5.86. The molecule has 5 N–H and O–H groups in total. The third-order valence-electron chi connectivity index (χ3n) is 2.50. The summed E-state index contributed by atoms with van der Waals surface area (Å²) in [5.74, 6) is 0.526. The van der Waals surface area contributed by atoms with Crippen molar-refractivity contribution in [2.75, 3.05) is 11.5 Å². The number of nitrogens with two attached hydrogens (primary N) is 2. The number of nitrogens with one attached hydrogen (secondary N) is 1. The molecule has 0 saturated heterocycles. The Morgan fingerprint density at radius 2 is 2.20 bits per heavy atom. The largest absolute Gasteiger partial charge is 0.396 e. The van der Waals surface area contributed by atoms with Gasteiger partial charge in [0.1, 0.15) is 5.82 Å². The molecule has 0 radical (unpaired) electrons. The van der Waals surface area contributed by atoms with Crippen molar-refractivity contribution in [2.24, 2.45) is 7.05 Å². The van der Waals surface area contributed by atoms with E-state index in [2.05, 4.69) is 15.2 Å². The summed E-state index contributed by atoms with van der Waals surface area (Å²) < 4.78 is 1.87. The van der Waals surface area contributed by atoms with Crippen LogP contribution in [0.1, 0.15) is 17.1 Å². The number of nitrogens with zero attached hydrogens (tertiary/aromatic N) is 3. The first-order valence-electron chi connectivity index (χ1n) is 4.64. The fourth-order valence-electron chi connectivity index (χ4n) is 1.47. The number of imidazole rings is 1. The van der Waals surface area contributed by atoms with Gasteiger partial charge >= 0.3 is 0 Å². The molecule has 2 rings (SSSR count). The number of hydrogen-bond donors (Lipinski definition) is 3. The Hall–Kier alpha value is -1.98. The fourth-order valence-corrected chi connectivity index (χ4v) is 1.47. The van der Waals surface area contributed by atoms with Crippen molar-refractivity contribution in [3.05, 3.63) is 23.4 Å². The van der Waals surface area contributed by atoms with Gasteiger partial charge in [0.25, 0.3) is 0 Å². The van der Waals surface area contributed by atoms with E-state index in [4.69, 9.17) is 11.5 Å². The summed E-state index contributed by atoms with van der Waals surface area (Å²) in [6.07, 6.45) is 2.28. The minimum atomic E-state index is 0.526. The van der Waals surface area contributed by atoms with Crippen LogP contribution in [-0.4, -0.2) is 19.7 Å². The van der Waals surface area contributed by atoms with Gasteiger partial charge in [0.15, 0.2) is 0 Å². The molecule has 6 heteroatoms. The molecule has 15 heavy (non-hydrogen) atoms. The first kappa shape index (κ1) is 9.57. The second-order valence-electron chi connectivity index (χ2n) is 3.57. The predicted octanol–water partition coefficient (Wildman–Crippen LogP) is 0.207. The number of rotatable bonds is 2. The highest BCUT2D eigenvalue weighted by atomic mass is 15.1. The number of aromatic amines is 1. The molecule has 0 saturated carbocycles. The van der Waals surface area contributed by atoms with Crippen LogP contribution in [0.15, 0.2) is 6.33 Å². The zero-order chi connectivity index (χ0) is 11.0. The van der Waals surface area contributed by atoms with Crippen LogP contribution in [-0.2, 0) is 13.5 Å². The van der Waals surface area contributed by atoms with Gasteiger partial charge in [0.2, 0.25) is 0 Å². The van der Waals surface area contributed by atoms with Crippen LogP contribution in [0.4, 0.5) is 11.5 Å². The molecule has 0 unspecified atom stereocenters. The Balaban J connectivity index is 2.33. The number of aryl methyl sites for hydroxylation is 2. The molecule has 0 aliphatic carbocycles. The molecule has 0 aliphatic heterocycles. The number of anilines is 2. The molecule has 0 atom stereocenters. The van der Waals surface area contributed by atoms with E-state index in [1.54, 1.807) is 6.33 Å². The van der Waals surface area contributed by atoms with E-state index < -0.39 is 0 Å². The summed E-state index contributed by atoms with van der Waals surface area (Å²) in [7, 11) is 1.90. The van der Waals surface area contributed by atoms with Crippen LogP contribution in [0.3, 0.4) is 0 Å². The Morgan fingerprint density at radius 1 is 1.47 bits per heavy atom. The first-order chi connectivity index (χ1) is 7.09. The molecule has 0 aromatic carbocycles. The van der Waals surface area contributed by atoms with Crippen molar-refractivity contribution in [1.29, 1.82) is 0 Å². The third-order valence-corrected chi connectivity index (χ3v) is 2.50. The lowest BCUT2D eigenvalue weighted by Crippen LogP contribution is -2.02. The van der Waals surface area contributed by atoms with Gasteiger partial charge in [0, 0.05) is 13.5 Å². The van der Waals surface area contributed by atoms with E-state index in [0.717, 1.165) is 17.1 Å². The van der Waals surface area contributed by atoms with Gasteiger partial charge in [-0.15, -0.1) is 0 Å². The van der Waals surface area contributed by atoms with Gasteiger partial charge in [-0.1, -0.05) is 0 Å². The lowest BCUT2D eigenvalue weighted by atomic mass is 10.2. The Labute approximate surface area is 87.3 Å². The second-order valence-corrected chi connectivity index (χ2v) is 3.57. The number of aromatic nitrogens is 4. The zero-order valence-corrected chi connectivity index (χ0v) is 8.78. The molecule has 0 bridgehead atoms. The average molecular weight is 206 g/mol. The van der Waals surface area contributed by atoms with Crippen LogP contribution in [0, 0.1) is 6.92 Å². The number of nitrogen functional groups attached to an aromatic ring is 2. The minimum Gasteiger partial charge on any atom is -0.396 e. The highest BCUT2D eigenvalue weighted by molar-refractivity contribution is 5.50. The highest BCUT2D eigenvalue weighted by Gasteiger charge is 2.12. The molecule has 0 aliphatic rings. The predicted molar refractivity (Wildman–Crippen MR) is 58.2 cm³/mol. The van der Waals surface area contributed by atoms with Crippen LogP contribution in [0.25, 0.3) is 0 Å². The van der Waals surface area contributed by atoms with E-state index >= 15 is 0 Å². The lowest BCUT2D eigenvalue weighted by molar-refractivity contribution is 0.833. The molecular weight excluding hydrogens is 192 g/mol. The second kappa shape index (κ2) is 3.30. The molecule has 2 aromatic heterocycles. The lowest BCUT2D eigenvalue weighted by Gasteiger charge is -2.01. The van der Waals surface area contributed by atoms with E-state index in [0.29, 0.717) is 17.9 Å². The summed E-state index contributed by atoms with van der Waals surface area (Å²) in [4.78, 5) is 4.01. The van der Waals surface area contributed by atoms with Crippen LogP contribution in [0.5, 0.6) is 0 Å². The fraction of sp³-hybridized carbons (Fsp3) is 0.333. The molecule has 6 nitrogen and oxygen atoms in total. The Kier molecular flexibility index (Phi) is 2.11. The quantitative estimate of drug-likeness (QED) is 0.654. The van der Waals surface area contributed by atoms with E-state index in [1.165, 1.54) is 0 Å². The maximum atomic E-state index is 5.86. The molecule has 80 valence electrons. The standard InChI is InChI=1S/C9H14N6/c1-5-8(10)6(14-13-5)3-7-9(11)12-4-15(7)2/h4H,3,10-11H2,1-2H3,(H,13,14). The summed E-state index contributed by atoms with van der Waals surface area (Å²) in [6, 6.07) is 0. The van der Waals surface area contributed by atoms with Crippen molar-refractivity contribution in [3.63, 3.8) is 0 Å². The number of H-pyrrole nitrogens is 1. The average Bonchev–Trinajstić information content (AvgIpc) is 2.68. The monoisotopic (exact) mass is 206 g/mol. The Morgan fingerprint density at radius 3 is 2.67 bits per heavy atom. The van der Waals surface area contributed by atoms with Crippen LogP contribution < -0.4 is 11.5 Å². The van der Waals surface area contributed by atoms with Crippen molar-refractivity contribution >= 4 is 11.5 Å². The molecule has 2 aromatic rings. The van der Waals surface area contributed by atoms with Crippen molar-refractivity contribution in [2.45, 2.75) is 13.3 Å². The van der Waals surface area contributed by atoms with Gasteiger partial charge in [-0.3, -0.25) is 5.10 Å². The molecule has 0 fully saturated rings. The smallest absolute Gasteiger partial charge is 0.145 e. The maximum Gasteiger partial charge on any atom is 0.145 e. The van der Waals surface area contributed by atoms with Gasteiger partial charge in [-0.2, -0.15) is 5.10 Å². The van der Waals surface area contributed by atoms with E-state index in [-0.39, 0.29) is 0 Å². The first-order valence-corrected chi connectivity index (χ1v) is 4.64. The third kappa shape index (κ3) is 1.54. The van der Waals surface area contributed by atoms with Gasteiger partial charge in [-0.05, 0) is 6.92 Å². The molecule has 0 amide bonds. The van der Waals surface area contributed by atoms with Crippen LogP contribution >= 0.6 is 0 Å². The SMILES string of the molecule is Cc1[nH]nc(Cc2c(N)ncn2C)c1N. The van der Waals surface area contributed by atoms with E-state index in [9.17, 15) is 0 Å². The topological polar surface area (TPSA) is 98.5 Å². The highest BCUT2D eigenvalue weighted by Crippen LogP contribution is 2.19. The van der Waals surface area contributed by atoms with Crippen molar-refractivity contribution in [3.8, 4) is 0 Å². The molecular formula is C9H14N6. The number of hydrogen-bond acceptors (Lipinski definition) is 4. The molecule has 2 heterocycles. The summed E-state index contributed by atoms with van der Waals surface area (Å²) >= 11 is 0. The van der Waals surface area contributed by atoms with Crippen molar-refractivity contribution in [1.82, 2.24) is 19.7 Å².